The fourth-order valence-corrected chi connectivity index (χ4v) is 3.56. The van der Waals surface area contributed by atoms with Crippen LogP contribution in [0.1, 0.15) is 29.4 Å². The molecule has 2 unspecified atom stereocenters. The standard InChI is InChI=1S/C12H17BrN2OS.ClH/c1-8(14)9-3-2-6-15(7-9)12(16)10-4-5-11(13)17-10;/h4-5,8-9H,2-3,6-7,14H2,1H3;1H. The maximum atomic E-state index is 12.3. The van der Waals surface area contributed by atoms with E-state index in [2.05, 4.69) is 15.9 Å². The average molecular weight is 354 g/mol. The van der Waals surface area contributed by atoms with E-state index in [1.165, 1.54) is 11.3 Å². The van der Waals surface area contributed by atoms with Gasteiger partial charge in [-0.05, 0) is 53.7 Å². The van der Waals surface area contributed by atoms with E-state index in [-0.39, 0.29) is 24.4 Å². The van der Waals surface area contributed by atoms with Crippen LogP contribution in [0.15, 0.2) is 15.9 Å². The van der Waals surface area contributed by atoms with E-state index >= 15 is 0 Å². The van der Waals surface area contributed by atoms with Crippen LogP contribution in [0.5, 0.6) is 0 Å². The number of hydrogen-bond donors (Lipinski definition) is 1. The average Bonchev–Trinajstić information content (AvgIpc) is 2.75. The topological polar surface area (TPSA) is 46.3 Å². The summed E-state index contributed by atoms with van der Waals surface area (Å²) in [5, 5.41) is 0. The van der Waals surface area contributed by atoms with Crippen molar-refractivity contribution in [1.29, 1.82) is 0 Å². The van der Waals surface area contributed by atoms with Crippen molar-refractivity contribution >= 4 is 45.6 Å². The van der Waals surface area contributed by atoms with Crippen LogP contribution in [0.3, 0.4) is 0 Å². The van der Waals surface area contributed by atoms with Crippen LogP contribution < -0.4 is 5.73 Å². The third-order valence-electron chi connectivity index (χ3n) is 3.27. The molecule has 102 valence electrons. The molecule has 6 heteroatoms. The lowest BCUT2D eigenvalue weighted by atomic mass is 9.92. The smallest absolute Gasteiger partial charge is 0.263 e. The van der Waals surface area contributed by atoms with E-state index in [4.69, 9.17) is 5.73 Å². The molecule has 1 saturated heterocycles. The summed E-state index contributed by atoms with van der Waals surface area (Å²) in [5.41, 5.74) is 5.93. The summed E-state index contributed by atoms with van der Waals surface area (Å²) in [6.45, 7) is 3.68. The van der Waals surface area contributed by atoms with E-state index < -0.39 is 0 Å². The van der Waals surface area contributed by atoms with Crippen LogP contribution in [0, 0.1) is 5.92 Å². The number of hydrogen-bond acceptors (Lipinski definition) is 3. The number of thiophene rings is 1. The Kier molecular flexibility index (Phi) is 6.11. The Bertz CT molecular complexity index is 411. The maximum Gasteiger partial charge on any atom is 0.263 e. The van der Waals surface area contributed by atoms with Gasteiger partial charge in [-0.25, -0.2) is 0 Å². The number of rotatable bonds is 2. The molecule has 2 rings (SSSR count). The predicted octanol–water partition coefficient (Wildman–Crippen LogP) is 3.13. The molecule has 0 radical (unpaired) electrons. The second-order valence-corrected chi connectivity index (χ2v) is 7.08. The van der Waals surface area contributed by atoms with Crippen LogP contribution in [-0.4, -0.2) is 29.9 Å². The Morgan fingerprint density at radius 3 is 2.89 bits per heavy atom. The minimum absolute atomic E-state index is 0. The number of carbonyl (C=O) groups excluding carboxylic acids is 1. The SMILES string of the molecule is CC(N)C1CCCN(C(=O)c2ccc(Br)s2)C1.Cl. The first-order valence-corrected chi connectivity index (χ1v) is 7.49. The fraction of sp³-hybridized carbons (Fsp3) is 0.583. The minimum Gasteiger partial charge on any atom is -0.338 e. The lowest BCUT2D eigenvalue weighted by molar-refractivity contribution is 0.0666. The molecule has 0 bridgehead atoms. The minimum atomic E-state index is 0. The van der Waals surface area contributed by atoms with Crippen molar-refractivity contribution in [1.82, 2.24) is 4.90 Å². The lowest BCUT2D eigenvalue weighted by Crippen LogP contribution is -2.44. The lowest BCUT2D eigenvalue weighted by Gasteiger charge is -2.34. The molecule has 2 atom stereocenters. The van der Waals surface area contributed by atoms with Gasteiger partial charge in [0.2, 0.25) is 0 Å². The zero-order valence-corrected chi connectivity index (χ0v) is 13.5. The van der Waals surface area contributed by atoms with Crippen LogP contribution in [0.2, 0.25) is 0 Å². The summed E-state index contributed by atoms with van der Waals surface area (Å²) in [6.07, 6.45) is 2.19. The van der Waals surface area contributed by atoms with Gasteiger partial charge in [-0.15, -0.1) is 23.7 Å². The van der Waals surface area contributed by atoms with Crippen molar-refractivity contribution in [3.63, 3.8) is 0 Å². The molecule has 1 amide bonds. The zero-order valence-electron chi connectivity index (χ0n) is 10.3. The summed E-state index contributed by atoms with van der Waals surface area (Å²) >= 11 is 4.88. The Morgan fingerprint density at radius 1 is 1.61 bits per heavy atom. The Hall–Kier alpha value is -0.100. The molecule has 2 N–H and O–H groups in total. The molecular formula is C12H18BrClN2OS. The van der Waals surface area contributed by atoms with Gasteiger partial charge in [-0.2, -0.15) is 0 Å². The molecule has 0 spiro atoms. The van der Waals surface area contributed by atoms with Crippen molar-refractivity contribution in [3.05, 3.63) is 20.8 Å². The van der Waals surface area contributed by atoms with Gasteiger partial charge >= 0.3 is 0 Å². The summed E-state index contributed by atoms with van der Waals surface area (Å²) in [6, 6.07) is 3.97. The van der Waals surface area contributed by atoms with Crippen molar-refractivity contribution in [2.45, 2.75) is 25.8 Å². The molecule has 1 aliphatic heterocycles. The monoisotopic (exact) mass is 352 g/mol. The highest BCUT2D eigenvalue weighted by molar-refractivity contribution is 9.11. The highest BCUT2D eigenvalue weighted by Crippen LogP contribution is 2.26. The molecule has 0 saturated carbocycles. The van der Waals surface area contributed by atoms with Crippen molar-refractivity contribution in [2.75, 3.05) is 13.1 Å². The highest BCUT2D eigenvalue weighted by Gasteiger charge is 2.26. The molecule has 0 aliphatic carbocycles. The molecule has 1 aromatic heterocycles. The Balaban J connectivity index is 0.00000162. The van der Waals surface area contributed by atoms with Crippen LogP contribution in [-0.2, 0) is 0 Å². The zero-order chi connectivity index (χ0) is 12.4. The molecule has 18 heavy (non-hydrogen) atoms. The van der Waals surface area contributed by atoms with Crippen molar-refractivity contribution in [3.8, 4) is 0 Å². The van der Waals surface area contributed by atoms with E-state index in [0.717, 1.165) is 34.6 Å². The van der Waals surface area contributed by atoms with Crippen molar-refractivity contribution < 1.29 is 4.79 Å². The summed E-state index contributed by atoms with van der Waals surface area (Å²) in [5.74, 6) is 0.585. The van der Waals surface area contributed by atoms with Gasteiger partial charge in [-0.3, -0.25) is 4.79 Å². The second kappa shape index (κ2) is 6.89. The van der Waals surface area contributed by atoms with Crippen LogP contribution in [0.25, 0.3) is 0 Å². The maximum absolute atomic E-state index is 12.3. The van der Waals surface area contributed by atoms with Crippen LogP contribution >= 0.6 is 39.7 Å². The number of amides is 1. The third-order valence-corrected chi connectivity index (χ3v) is 4.88. The third kappa shape index (κ3) is 3.70. The molecule has 2 heterocycles. The largest absolute Gasteiger partial charge is 0.338 e. The first-order chi connectivity index (χ1) is 8.08. The summed E-state index contributed by atoms with van der Waals surface area (Å²) < 4.78 is 1.00. The number of carbonyl (C=O) groups is 1. The summed E-state index contributed by atoms with van der Waals surface area (Å²) in [7, 11) is 0. The number of nitrogens with zero attached hydrogens (tertiary/aromatic N) is 1. The van der Waals surface area contributed by atoms with Gasteiger partial charge < -0.3 is 10.6 Å². The summed E-state index contributed by atoms with van der Waals surface area (Å²) in [4.78, 5) is 15.0. The van der Waals surface area contributed by atoms with Gasteiger partial charge in [0.15, 0.2) is 0 Å². The number of halogens is 2. The first-order valence-electron chi connectivity index (χ1n) is 5.88. The molecule has 1 aromatic rings. The number of likely N-dealkylation sites (tertiary alicyclic amines) is 1. The molecule has 1 fully saturated rings. The van der Waals surface area contributed by atoms with Gasteiger partial charge in [0, 0.05) is 19.1 Å². The van der Waals surface area contributed by atoms with Crippen molar-refractivity contribution in [2.24, 2.45) is 11.7 Å². The molecule has 3 nitrogen and oxygen atoms in total. The molecule has 0 aromatic carbocycles. The molecular weight excluding hydrogens is 336 g/mol. The first kappa shape index (κ1) is 16.0. The van der Waals surface area contributed by atoms with E-state index in [0.29, 0.717) is 5.92 Å². The normalized spacial score (nSPS) is 21.3. The molecule has 1 aliphatic rings. The second-order valence-electron chi connectivity index (χ2n) is 4.62. The van der Waals surface area contributed by atoms with Gasteiger partial charge in [0.1, 0.15) is 0 Å². The Labute approximate surface area is 126 Å². The fourth-order valence-electron chi connectivity index (χ4n) is 2.21. The quantitative estimate of drug-likeness (QED) is 0.888. The van der Waals surface area contributed by atoms with Crippen LogP contribution in [0.4, 0.5) is 0 Å². The number of piperidine rings is 1. The van der Waals surface area contributed by atoms with E-state index in [1.54, 1.807) is 0 Å². The highest BCUT2D eigenvalue weighted by atomic mass is 79.9. The van der Waals surface area contributed by atoms with E-state index in [9.17, 15) is 4.79 Å². The van der Waals surface area contributed by atoms with E-state index in [1.807, 2.05) is 24.0 Å². The Morgan fingerprint density at radius 2 is 2.33 bits per heavy atom. The van der Waals surface area contributed by atoms with Gasteiger partial charge in [0.25, 0.3) is 5.91 Å². The van der Waals surface area contributed by atoms with Gasteiger partial charge in [0.05, 0.1) is 8.66 Å². The predicted molar refractivity (Wildman–Crippen MR) is 81.5 cm³/mol. The van der Waals surface area contributed by atoms with Gasteiger partial charge in [-0.1, -0.05) is 0 Å². The number of nitrogens with two attached hydrogens (primary N) is 1.